The molecular formula is C23H18. The molecule has 0 spiro atoms. The van der Waals surface area contributed by atoms with Gasteiger partial charge in [0.2, 0.25) is 0 Å². The summed E-state index contributed by atoms with van der Waals surface area (Å²) in [5, 5.41) is 2.78. The van der Waals surface area contributed by atoms with Gasteiger partial charge in [0.25, 0.3) is 0 Å². The van der Waals surface area contributed by atoms with Crippen molar-refractivity contribution >= 4 is 29.0 Å². The maximum atomic E-state index is 2.41. The van der Waals surface area contributed by atoms with E-state index in [4.69, 9.17) is 0 Å². The van der Waals surface area contributed by atoms with Crippen LogP contribution in [0, 0.1) is 0 Å². The van der Waals surface area contributed by atoms with E-state index in [0.717, 1.165) is 12.8 Å². The minimum absolute atomic E-state index is 1.11. The van der Waals surface area contributed by atoms with Crippen molar-refractivity contribution in [2.75, 3.05) is 0 Å². The summed E-state index contributed by atoms with van der Waals surface area (Å²) in [6.07, 6.45) is 9.12. The van der Waals surface area contributed by atoms with E-state index in [2.05, 4.69) is 73.7 Å². The van der Waals surface area contributed by atoms with Crippen LogP contribution in [0.3, 0.4) is 0 Å². The molecule has 0 saturated heterocycles. The highest BCUT2D eigenvalue weighted by molar-refractivity contribution is 6.10. The van der Waals surface area contributed by atoms with Crippen LogP contribution in [0.5, 0.6) is 0 Å². The highest BCUT2D eigenvalue weighted by atomic mass is 14.2. The van der Waals surface area contributed by atoms with Gasteiger partial charge in [-0.2, -0.15) is 0 Å². The minimum atomic E-state index is 1.11. The monoisotopic (exact) mass is 294 g/mol. The second-order valence-corrected chi connectivity index (χ2v) is 6.52. The van der Waals surface area contributed by atoms with Crippen LogP contribution in [0.4, 0.5) is 0 Å². The molecular weight excluding hydrogens is 276 g/mol. The first-order chi connectivity index (χ1) is 11.3. The summed E-state index contributed by atoms with van der Waals surface area (Å²) >= 11 is 0. The zero-order chi connectivity index (χ0) is 15.4. The fraction of sp³-hybridized carbons (Fsp3) is 0.130. The second kappa shape index (κ2) is 4.70. The quantitative estimate of drug-likeness (QED) is 0.404. The summed E-state index contributed by atoms with van der Waals surface area (Å²) in [5.74, 6) is 0. The largest absolute Gasteiger partial charge is 0.0655 e. The van der Waals surface area contributed by atoms with Gasteiger partial charge in [-0.1, -0.05) is 79.3 Å². The van der Waals surface area contributed by atoms with Gasteiger partial charge in [-0.25, -0.2) is 0 Å². The van der Waals surface area contributed by atoms with Gasteiger partial charge in [0, 0.05) is 0 Å². The SMILES string of the molecule is CCC1=Cc2c(cccc2-c2ccc3c4c(cccc24)C=C3)C1. The molecule has 0 heteroatoms. The molecule has 0 unspecified atom stereocenters. The smallest absolute Gasteiger partial charge is 0.00326 e. The molecule has 0 radical (unpaired) electrons. The number of fused-ring (bicyclic) bond motifs is 1. The van der Waals surface area contributed by atoms with Gasteiger partial charge >= 0.3 is 0 Å². The lowest BCUT2D eigenvalue weighted by Gasteiger charge is -2.12. The molecule has 5 rings (SSSR count). The fourth-order valence-corrected chi connectivity index (χ4v) is 4.05. The zero-order valence-corrected chi connectivity index (χ0v) is 13.3. The zero-order valence-electron chi connectivity index (χ0n) is 13.3. The lowest BCUT2D eigenvalue weighted by atomic mass is 9.91. The molecule has 0 heterocycles. The number of hydrogen-bond acceptors (Lipinski definition) is 0. The Kier molecular flexibility index (Phi) is 2.63. The summed E-state index contributed by atoms with van der Waals surface area (Å²) in [6.45, 7) is 2.25. The molecule has 3 aromatic rings. The maximum absolute atomic E-state index is 2.41. The first-order valence-corrected chi connectivity index (χ1v) is 8.40. The Hall–Kier alpha value is -2.60. The Morgan fingerprint density at radius 1 is 0.826 bits per heavy atom. The van der Waals surface area contributed by atoms with Gasteiger partial charge in [-0.15, -0.1) is 0 Å². The fourth-order valence-electron chi connectivity index (χ4n) is 4.05. The van der Waals surface area contributed by atoms with Crippen LogP contribution < -0.4 is 0 Å². The van der Waals surface area contributed by atoms with Gasteiger partial charge < -0.3 is 0 Å². The van der Waals surface area contributed by atoms with Gasteiger partial charge in [-0.05, 0) is 57.0 Å². The maximum Gasteiger partial charge on any atom is -0.00326 e. The van der Waals surface area contributed by atoms with Gasteiger partial charge in [-0.3, -0.25) is 0 Å². The highest BCUT2D eigenvalue weighted by Gasteiger charge is 2.18. The van der Waals surface area contributed by atoms with E-state index in [1.807, 2.05) is 0 Å². The normalized spacial score (nSPS) is 14.4. The average Bonchev–Trinajstić information content (AvgIpc) is 3.20. The summed E-state index contributed by atoms with van der Waals surface area (Å²) < 4.78 is 0. The number of allylic oxidation sites excluding steroid dienone is 1. The lowest BCUT2D eigenvalue weighted by molar-refractivity contribution is 1.04. The first kappa shape index (κ1) is 12.9. The van der Waals surface area contributed by atoms with Crippen LogP contribution in [0.1, 0.15) is 35.6 Å². The molecule has 0 nitrogen and oxygen atoms in total. The third-order valence-electron chi connectivity index (χ3n) is 5.25. The number of rotatable bonds is 2. The third kappa shape index (κ3) is 1.78. The van der Waals surface area contributed by atoms with Crippen LogP contribution in [0.2, 0.25) is 0 Å². The molecule has 110 valence electrons. The molecule has 0 fully saturated rings. The molecule has 0 N–H and O–H groups in total. The summed E-state index contributed by atoms with van der Waals surface area (Å²) in [5.41, 5.74) is 9.87. The molecule has 2 aliphatic carbocycles. The summed E-state index contributed by atoms with van der Waals surface area (Å²) in [4.78, 5) is 0. The van der Waals surface area contributed by atoms with Crippen molar-refractivity contribution in [3.05, 3.63) is 76.4 Å². The van der Waals surface area contributed by atoms with Crippen molar-refractivity contribution in [1.29, 1.82) is 0 Å². The predicted molar refractivity (Wildman–Crippen MR) is 100 cm³/mol. The van der Waals surface area contributed by atoms with Crippen LogP contribution in [-0.2, 0) is 6.42 Å². The van der Waals surface area contributed by atoms with Crippen LogP contribution in [0.25, 0.3) is 40.1 Å². The van der Waals surface area contributed by atoms with Crippen LogP contribution >= 0.6 is 0 Å². The second-order valence-electron chi connectivity index (χ2n) is 6.52. The standard InChI is InChI=1S/C23H18/c1-2-15-13-18-6-4-7-19(22(18)14-15)20-12-11-17-10-9-16-5-3-8-21(20)23(16)17/h3-12,14H,2,13H2,1H3. The molecule has 0 atom stereocenters. The Morgan fingerprint density at radius 2 is 1.65 bits per heavy atom. The average molecular weight is 294 g/mol. The van der Waals surface area contributed by atoms with Crippen molar-refractivity contribution in [2.24, 2.45) is 0 Å². The topological polar surface area (TPSA) is 0 Å². The Morgan fingerprint density at radius 3 is 2.52 bits per heavy atom. The van der Waals surface area contributed by atoms with Gasteiger partial charge in [0.1, 0.15) is 0 Å². The number of hydrogen-bond donors (Lipinski definition) is 0. The van der Waals surface area contributed by atoms with E-state index in [-0.39, 0.29) is 0 Å². The van der Waals surface area contributed by atoms with E-state index in [1.54, 1.807) is 5.57 Å². The van der Waals surface area contributed by atoms with Crippen molar-refractivity contribution in [3.8, 4) is 11.1 Å². The van der Waals surface area contributed by atoms with Crippen molar-refractivity contribution in [2.45, 2.75) is 19.8 Å². The van der Waals surface area contributed by atoms with Crippen LogP contribution in [0.15, 0.2) is 54.1 Å². The molecule has 2 aliphatic rings. The molecule has 23 heavy (non-hydrogen) atoms. The van der Waals surface area contributed by atoms with E-state index in [1.165, 1.54) is 44.2 Å². The van der Waals surface area contributed by atoms with Gasteiger partial charge in [0.15, 0.2) is 0 Å². The molecule has 0 bridgehead atoms. The minimum Gasteiger partial charge on any atom is -0.0655 e. The molecule has 0 aliphatic heterocycles. The summed E-state index contributed by atoms with van der Waals surface area (Å²) in [7, 11) is 0. The number of benzene rings is 3. The third-order valence-corrected chi connectivity index (χ3v) is 5.25. The molecule has 0 amide bonds. The van der Waals surface area contributed by atoms with E-state index in [0.29, 0.717) is 0 Å². The molecule has 3 aromatic carbocycles. The van der Waals surface area contributed by atoms with Crippen molar-refractivity contribution in [3.63, 3.8) is 0 Å². The predicted octanol–water partition coefficient (Wildman–Crippen LogP) is 6.34. The highest BCUT2D eigenvalue weighted by Crippen LogP contribution is 2.41. The van der Waals surface area contributed by atoms with E-state index < -0.39 is 0 Å². The first-order valence-electron chi connectivity index (χ1n) is 8.40. The Labute approximate surface area is 136 Å². The van der Waals surface area contributed by atoms with Crippen molar-refractivity contribution in [1.82, 2.24) is 0 Å². The lowest BCUT2D eigenvalue weighted by Crippen LogP contribution is -1.90. The molecule has 0 aromatic heterocycles. The van der Waals surface area contributed by atoms with E-state index >= 15 is 0 Å². The Bertz CT molecular complexity index is 1000. The summed E-state index contributed by atoms with van der Waals surface area (Å²) in [6, 6.07) is 18.0. The van der Waals surface area contributed by atoms with Crippen LogP contribution in [-0.4, -0.2) is 0 Å². The Balaban J connectivity index is 1.82. The van der Waals surface area contributed by atoms with Gasteiger partial charge in [0.05, 0.1) is 0 Å². The van der Waals surface area contributed by atoms with E-state index in [9.17, 15) is 0 Å². The van der Waals surface area contributed by atoms with Crippen molar-refractivity contribution < 1.29 is 0 Å². The molecule has 0 saturated carbocycles.